The summed E-state index contributed by atoms with van der Waals surface area (Å²) in [5, 5.41) is 0. The highest BCUT2D eigenvalue weighted by atomic mass is 19.1. The summed E-state index contributed by atoms with van der Waals surface area (Å²) in [6.07, 6.45) is 1.65. The van der Waals surface area contributed by atoms with E-state index >= 15 is 0 Å². The Morgan fingerprint density at radius 3 is 1.56 bits per heavy atom. The normalized spacial score (nSPS) is 9.74. The molecule has 0 aliphatic carbocycles. The number of hydrogen-bond donors (Lipinski definition) is 0. The fraction of sp³-hybridized carbons (Fsp3) is 0.120. The lowest BCUT2D eigenvalue weighted by atomic mass is 10.1. The van der Waals surface area contributed by atoms with E-state index in [-0.39, 0.29) is 11.6 Å². The molecule has 0 amide bonds. The van der Waals surface area contributed by atoms with Crippen LogP contribution in [0.1, 0.15) is 41.2 Å². The van der Waals surface area contributed by atoms with E-state index in [9.17, 15) is 8.78 Å². The van der Waals surface area contributed by atoms with E-state index in [2.05, 4.69) is 23.7 Å². The second-order valence-electron chi connectivity index (χ2n) is 6.14. The Morgan fingerprint density at radius 2 is 1.07 bits per heavy atom. The first-order valence-corrected chi connectivity index (χ1v) is 8.82. The molecule has 0 nitrogen and oxygen atoms in total. The molecule has 0 heterocycles. The summed E-state index contributed by atoms with van der Waals surface area (Å²) >= 11 is 0. The van der Waals surface area contributed by atoms with Crippen LogP contribution in [-0.4, -0.2) is 0 Å². The molecule has 0 N–H and O–H groups in total. The zero-order valence-corrected chi connectivity index (χ0v) is 15.0. The standard InChI is InChI=1S/C25H18F2/c1-2-3-23-15-12-22(18-25(23)27)11-10-20-6-4-19(5-7-20)8-9-21-13-16-24(26)17-14-21/h4-7,12-18H,2-3H2,1H3. The molecule has 132 valence electrons. The van der Waals surface area contributed by atoms with Gasteiger partial charge in [0.2, 0.25) is 0 Å². The minimum Gasteiger partial charge on any atom is -0.207 e. The molecule has 0 saturated carbocycles. The molecule has 0 radical (unpaired) electrons. The van der Waals surface area contributed by atoms with Crippen LogP contribution in [0.5, 0.6) is 0 Å². The third kappa shape index (κ3) is 5.30. The number of benzene rings is 3. The molecule has 27 heavy (non-hydrogen) atoms. The topological polar surface area (TPSA) is 0 Å². The van der Waals surface area contributed by atoms with Crippen LogP contribution in [0.4, 0.5) is 8.78 Å². The van der Waals surface area contributed by atoms with Gasteiger partial charge in [-0.3, -0.25) is 0 Å². The molecule has 0 saturated heterocycles. The van der Waals surface area contributed by atoms with Crippen molar-refractivity contribution in [3.63, 3.8) is 0 Å². The molecule has 0 aliphatic heterocycles. The minimum absolute atomic E-state index is 0.199. The average molecular weight is 356 g/mol. The van der Waals surface area contributed by atoms with Gasteiger partial charge in [0.05, 0.1) is 0 Å². The lowest BCUT2D eigenvalue weighted by Crippen LogP contribution is -1.90. The highest BCUT2D eigenvalue weighted by molar-refractivity contribution is 5.48. The third-order valence-corrected chi connectivity index (χ3v) is 4.00. The summed E-state index contributed by atoms with van der Waals surface area (Å²) in [5.74, 6) is 11.6. The summed E-state index contributed by atoms with van der Waals surface area (Å²) in [6.45, 7) is 2.03. The molecule has 3 rings (SSSR count). The zero-order chi connectivity index (χ0) is 19.1. The molecule has 3 aromatic carbocycles. The van der Waals surface area contributed by atoms with Crippen molar-refractivity contribution >= 4 is 0 Å². The monoisotopic (exact) mass is 356 g/mol. The van der Waals surface area contributed by atoms with Gasteiger partial charge in [-0.25, -0.2) is 8.78 Å². The lowest BCUT2D eigenvalue weighted by Gasteiger charge is -2.01. The van der Waals surface area contributed by atoms with Crippen molar-refractivity contribution in [2.45, 2.75) is 19.8 Å². The van der Waals surface area contributed by atoms with E-state index in [1.54, 1.807) is 18.2 Å². The third-order valence-electron chi connectivity index (χ3n) is 4.00. The van der Waals surface area contributed by atoms with Crippen molar-refractivity contribution in [3.8, 4) is 23.7 Å². The van der Waals surface area contributed by atoms with Gasteiger partial charge in [-0.15, -0.1) is 0 Å². The van der Waals surface area contributed by atoms with Crippen molar-refractivity contribution < 1.29 is 8.78 Å². The Balaban J connectivity index is 1.71. The van der Waals surface area contributed by atoms with Gasteiger partial charge in [0, 0.05) is 22.3 Å². The number of halogens is 2. The van der Waals surface area contributed by atoms with Gasteiger partial charge in [0.25, 0.3) is 0 Å². The van der Waals surface area contributed by atoms with Crippen LogP contribution in [0.15, 0.2) is 66.7 Å². The van der Waals surface area contributed by atoms with Crippen LogP contribution in [0, 0.1) is 35.3 Å². The second-order valence-corrected chi connectivity index (χ2v) is 6.14. The Hall–Kier alpha value is -3.36. The van der Waals surface area contributed by atoms with Crippen molar-refractivity contribution in [3.05, 3.63) is 106 Å². The van der Waals surface area contributed by atoms with E-state index < -0.39 is 0 Å². The van der Waals surface area contributed by atoms with Crippen LogP contribution < -0.4 is 0 Å². The number of hydrogen-bond acceptors (Lipinski definition) is 0. The molecular formula is C25H18F2. The molecular weight excluding hydrogens is 338 g/mol. The van der Waals surface area contributed by atoms with Crippen molar-refractivity contribution in [1.29, 1.82) is 0 Å². The molecule has 0 fully saturated rings. The van der Waals surface area contributed by atoms with Gasteiger partial charge in [-0.05, 0) is 72.6 Å². The smallest absolute Gasteiger partial charge is 0.127 e. The van der Waals surface area contributed by atoms with Crippen molar-refractivity contribution in [2.24, 2.45) is 0 Å². The molecule has 0 unspecified atom stereocenters. The van der Waals surface area contributed by atoms with Gasteiger partial charge in [0.1, 0.15) is 11.6 Å². The Morgan fingerprint density at radius 1 is 0.630 bits per heavy atom. The summed E-state index contributed by atoms with van der Waals surface area (Å²) in [5.41, 5.74) is 3.83. The van der Waals surface area contributed by atoms with Crippen LogP contribution in [-0.2, 0) is 6.42 Å². The van der Waals surface area contributed by atoms with Crippen LogP contribution in [0.3, 0.4) is 0 Å². The molecule has 2 heteroatoms. The summed E-state index contributed by atoms with van der Waals surface area (Å²) in [7, 11) is 0. The van der Waals surface area contributed by atoms with Crippen LogP contribution >= 0.6 is 0 Å². The van der Waals surface area contributed by atoms with E-state index in [0.29, 0.717) is 5.56 Å². The zero-order valence-electron chi connectivity index (χ0n) is 15.0. The molecule has 0 spiro atoms. The largest absolute Gasteiger partial charge is 0.207 e. The molecule has 3 aromatic rings. The van der Waals surface area contributed by atoms with Gasteiger partial charge in [-0.2, -0.15) is 0 Å². The fourth-order valence-electron chi connectivity index (χ4n) is 2.56. The number of rotatable bonds is 2. The van der Waals surface area contributed by atoms with Crippen molar-refractivity contribution in [1.82, 2.24) is 0 Å². The SMILES string of the molecule is CCCc1ccc(C#Cc2ccc(C#Cc3ccc(F)cc3)cc2)cc1F. The van der Waals surface area contributed by atoms with Crippen molar-refractivity contribution in [2.75, 3.05) is 0 Å². The second kappa shape index (κ2) is 8.84. The highest BCUT2D eigenvalue weighted by Gasteiger charge is 2.01. The average Bonchev–Trinajstić information content (AvgIpc) is 2.69. The molecule has 0 bridgehead atoms. The first kappa shape index (κ1) is 18.4. The predicted octanol–water partition coefficient (Wildman–Crippen LogP) is 5.72. The summed E-state index contributed by atoms with van der Waals surface area (Å²) in [4.78, 5) is 0. The minimum atomic E-state index is -0.275. The van der Waals surface area contributed by atoms with Gasteiger partial charge in [-0.1, -0.05) is 43.1 Å². The van der Waals surface area contributed by atoms with Gasteiger partial charge >= 0.3 is 0 Å². The summed E-state index contributed by atoms with van der Waals surface area (Å²) < 4.78 is 26.8. The summed E-state index contributed by atoms with van der Waals surface area (Å²) in [6, 6.07) is 18.7. The van der Waals surface area contributed by atoms with Gasteiger partial charge in [0.15, 0.2) is 0 Å². The maximum absolute atomic E-state index is 14.0. The fourth-order valence-corrected chi connectivity index (χ4v) is 2.56. The highest BCUT2D eigenvalue weighted by Crippen LogP contribution is 2.12. The first-order valence-electron chi connectivity index (χ1n) is 8.82. The van der Waals surface area contributed by atoms with E-state index in [1.807, 2.05) is 37.3 Å². The molecule has 0 atom stereocenters. The first-order chi connectivity index (χ1) is 13.1. The Kier molecular flexibility index (Phi) is 6.03. The van der Waals surface area contributed by atoms with E-state index in [0.717, 1.165) is 35.1 Å². The molecule has 0 aliphatic rings. The molecule has 0 aromatic heterocycles. The lowest BCUT2D eigenvalue weighted by molar-refractivity contribution is 0.607. The maximum atomic E-state index is 14.0. The van der Waals surface area contributed by atoms with Gasteiger partial charge < -0.3 is 0 Å². The quantitative estimate of drug-likeness (QED) is 0.515. The Labute approximate surface area is 158 Å². The Bertz CT molecular complexity index is 1040. The predicted molar refractivity (Wildman–Crippen MR) is 105 cm³/mol. The maximum Gasteiger partial charge on any atom is 0.127 e. The van der Waals surface area contributed by atoms with E-state index in [1.165, 1.54) is 18.2 Å². The van der Waals surface area contributed by atoms with Crippen LogP contribution in [0.25, 0.3) is 0 Å². The van der Waals surface area contributed by atoms with Crippen LogP contribution in [0.2, 0.25) is 0 Å². The number of aryl methyl sites for hydroxylation is 1. The van der Waals surface area contributed by atoms with E-state index in [4.69, 9.17) is 0 Å².